The molecule has 0 radical (unpaired) electrons. The van der Waals surface area contributed by atoms with Crippen LogP contribution in [0.25, 0.3) is 0 Å². The Morgan fingerprint density at radius 1 is 0.531 bits per heavy atom. The smallest absolute Gasteiger partial charge is 0.314 e. The van der Waals surface area contributed by atoms with Gasteiger partial charge in [-0.05, 0) is 36.8 Å². The summed E-state index contributed by atoms with van der Waals surface area (Å²) in [5.74, 6) is -1.73. The van der Waals surface area contributed by atoms with Crippen LogP contribution in [0.1, 0.15) is 91.3 Å². The monoisotopic (exact) mass is 434 g/mol. The number of carboxylic acid groups (broad SMARTS) is 2. The summed E-state index contributed by atoms with van der Waals surface area (Å²) in [4.78, 5) is 37.1. The summed E-state index contributed by atoms with van der Waals surface area (Å²) < 4.78 is 0. The van der Waals surface area contributed by atoms with E-state index >= 15 is 0 Å². The van der Waals surface area contributed by atoms with Gasteiger partial charge in [0.05, 0.1) is 10.8 Å². The number of carbonyl (C=O) groups excluding carboxylic acids is 1. The third kappa shape index (κ3) is 3.85. The minimum Gasteiger partial charge on any atom is -0.481 e. The summed E-state index contributed by atoms with van der Waals surface area (Å²) >= 11 is 0. The predicted octanol–water partition coefficient (Wildman–Crippen LogP) is 5.49. The predicted molar refractivity (Wildman–Crippen MR) is 121 cm³/mol. The van der Waals surface area contributed by atoms with E-state index in [9.17, 15) is 24.6 Å². The van der Waals surface area contributed by atoms with Gasteiger partial charge in [-0.1, -0.05) is 87.1 Å². The number of hydrogen-bond donors (Lipinski definition) is 2. The van der Waals surface area contributed by atoms with Gasteiger partial charge in [-0.3, -0.25) is 14.4 Å². The molecule has 2 aliphatic carbocycles. The van der Waals surface area contributed by atoms with E-state index in [1.807, 2.05) is 0 Å². The molecule has 0 amide bonds. The van der Waals surface area contributed by atoms with Gasteiger partial charge in [-0.2, -0.15) is 0 Å². The molecule has 4 rings (SSSR count). The average molecular weight is 435 g/mol. The Hall–Kier alpha value is -2.95. The fourth-order valence-electron chi connectivity index (χ4n) is 5.61. The van der Waals surface area contributed by atoms with E-state index in [2.05, 4.69) is 0 Å². The van der Waals surface area contributed by atoms with Gasteiger partial charge < -0.3 is 10.2 Å². The van der Waals surface area contributed by atoms with Crippen molar-refractivity contribution in [3.8, 4) is 0 Å². The molecule has 0 heterocycles. The molecule has 2 N–H and O–H groups in total. The third-order valence-electron chi connectivity index (χ3n) is 7.63. The largest absolute Gasteiger partial charge is 0.481 e. The lowest BCUT2D eigenvalue weighted by atomic mass is 9.69. The summed E-state index contributed by atoms with van der Waals surface area (Å²) in [7, 11) is 0. The van der Waals surface area contributed by atoms with Crippen molar-refractivity contribution in [1.82, 2.24) is 0 Å². The second kappa shape index (κ2) is 8.89. The fourth-order valence-corrected chi connectivity index (χ4v) is 5.61. The quantitative estimate of drug-likeness (QED) is 0.587. The van der Waals surface area contributed by atoms with Crippen LogP contribution in [0, 0.1) is 0 Å². The van der Waals surface area contributed by atoms with Gasteiger partial charge in [-0.15, -0.1) is 0 Å². The number of rotatable bonds is 6. The molecule has 2 fully saturated rings. The van der Waals surface area contributed by atoms with Crippen molar-refractivity contribution in [3.63, 3.8) is 0 Å². The Labute approximate surface area is 188 Å². The third-order valence-corrected chi connectivity index (χ3v) is 7.63. The highest BCUT2D eigenvalue weighted by Gasteiger charge is 2.42. The van der Waals surface area contributed by atoms with E-state index in [4.69, 9.17) is 0 Å². The molecule has 2 aromatic rings. The van der Waals surface area contributed by atoms with E-state index in [1.54, 1.807) is 48.5 Å². The minimum atomic E-state index is -0.855. The summed E-state index contributed by atoms with van der Waals surface area (Å²) in [6.07, 6.45) is 8.23. The average Bonchev–Trinajstić information content (AvgIpc) is 2.84. The van der Waals surface area contributed by atoms with Crippen LogP contribution in [0.5, 0.6) is 0 Å². The molecule has 32 heavy (non-hydrogen) atoms. The fraction of sp³-hybridized carbons (Fsp3) is 0.444. The van der Waals surface area contributed by atoms with E-state index in [0.29, 0.717) is 36.8 Å². The lowest BCUT2D eigenvalue weighted by Crippen LogP contribution is -2.37. The number of hydrogen-bond acceptors (Lipinski definition) is 3. The maximum absolute atomic E-state index is 13.0. The lowest BCUT2D eigenvalue weighted by molar-refractivity contribution is -0.146. The first kappa shape index (κ1) is 22.3. The van der Waals surface area contributed by atoms with E-state index < -0.39 is 22.8 Å². The molecular formula is C27H30O5. The Morgan fingerprint density at radius 2 is 0.844 bits per heavy atom. The number of ketones is 1. The zero-order chi connectivity index (χ0) is 22.8. The van der Waals surface area contributed by atoms with Gasteiger partial charge >= 0.3 is 11.9 Å². The van der Waals surface area contributed by atoms with Gasteiger partial charge in [0.2, 0.25) is 0 Å². The Balaban J connectivity index is 1.56. The highest BCUT2D eigenvalue weighted by Crippen LogP contribution is 2.41. The molecule has 0 aliphatic heterocycles. The highest BCUT2D eigenvalue weighted by atomic mass is 16.4. The van der Waals surface area contributed by atoms with Crippen molar-refractivity contribution in [2.24, 2.45) is 0 Å². The van der Waals surface area contributed by atoms with Gasteiger partial charge in [-0.25, -0.2) is 0 Å². The topological polar surface area (TPSA) is 91.7 Å². The van der Waals surface area contributed by atoms with Crippen molar-refractivity contribution >= 4 is 17.7 Å². The molecule has 168 valence electrons. The van der Waals surface area contributed by atoms with Crippen LogP contribution in [-0.4, -0.2) is 27.9 Å². The van der Waals surface area contributed by atoms with Crippen LogP contribution in [0.2, 0.25) is 0 Å². The van der Waals surface area contributed by atoms with Gasteiger partial charge in [0.25, 0.3) is 0 Å². The number of carbonyl (C=O) groups is 3. The van der Waals surface area contributed by atoms with Crippen molar-refractivity contribution < 1.29 is 24.6 Å². The van der Waals surface area contributed by atoms with Crippen LogP contribution in [0.3, 0.4) is 0 Å². The number of benzene rings is 2. The normalized spacial score (nSPS) is 19.8. The number of aliphatic carboxylic acids is 2. The molecule has 2 saturated carbocycles. The molecule has 0 atom stereocenters. The summed E-state index contributed by atoms with van der Waals surface area (Å²) in [6, 6.07) is 14.0. The van der Waals surface area contributed by atoms with Crippen LogP contribution >= 0.6 is 0 Å². The van der Waals surface area contributed by atoms with Crippen molar-refractivity contribution in [1.29, 1.82) is 0 Å². The first-order valence-electron chi connectivity index (χ1n) is 11.6. The second-order valence-corrected chi connectivity index (χ2v) is 9.38. The summed E-state index contributed by atoms with van der Waals surface area (Å²) in [5, 5.41) is 19.8. The molecule has 0 saturated heterocycles. The van der Waals surface area contributed by atoms with E-state index in [-0.39, 0.29) is 5.78 Å². The van der Waals surface area contributed by atoms with Crippen LogP contribution in [-0.2, 0) is 20.4 Å². The first-order valence-corrected chi connectivity index (χ1v) is 11.6. The SMILES string of the molecule is O=C(c1ccc(C2(C(=O)O)CCCCC2)cc1)c1ccc(C2(C(=O)O)CCCCC2)cc1. The highest BCUT2D eigenvalue weighted by molar-refractivity contribution is 6.09. The molecule has 5 heteroatoms. The first-order chi connectivity index (χ1) is 15.4. The van der Waals surface area contributed by atoms with Gasteiger partial charge in [0.15, 0.2) is 5.78 Å². The zero-order valence-electron chi connectivity index (χ0n) is 18.3. The van der Waals surface area contributed by atoms with Crippen molar-refractivity contribution in [2.75, 3.05) is 0 Å². The van der Waals surface area contributed by atoms with Gasteiger partial charge in [0.1, 0.15) is 0 Å². The second-order valence-electron chi connectivity index (χ2n) is 9.38. The lowest BCUT2D eigenvalue weighted by Gasteiger charge is -2.33. The zero-order valence-corrected chi connectivity index (χ0v) is 18.3. The molecule has 2 aliphatic rings. The van der Waals surface area contributed by atoms with E-state index in [0.717, 1.165) is 49.7 Å². The Bertz CT molecular complexity index is 910. The Morgan fingerprint density at radius 3 is 1.12 bits per heavy atom. The summed E-state index contributed by atoms with van der Waals surface area (Å²) in [5.41, 5.74) is 0.820. The summed E-state index contributed by atoms with van der Waals surface area (Å²) in [6.45, 7) is 0. The molecule has 0 aromatic heterocycles. The number of carboxylic acids is 2. The molecular weight excluding hydrogens is 404 g/mol. The molecule has 2 aromatic carbocycles. The van der Waals surface area contributed by atoms with Crippen LogP contribution in [0.15, 0.2) is 48.5 Å². The van der Waals surface area contributed by atoms with E-state index in [1.165, 1.54) is 0 Å². The standard InChI is InChI=1S/C27H30O5/c28-23(19-7-11-21(12-8-19)26(24(29)30)15-3-1-4-16-26)20-9-13-22(14-10-20)27(25(31)32)17-5-2-6-18-27/h7-14H,1-6,15-18H2,(H,29,30)(H,31,32). The molecule has 0 bridgehead atoms. The van der Waals surface area contributed by atoms with Gasteiger partial charge in [0, 0.05) is 11.1 Å². The van der Waals surface area contributed by atoms with Crippen LogP contribution in [0.4, 0.5) is 0 Å². The van der Waals surface area contributed by atoms with Crippen molar-refractivity contribution in [2.45, 2.75) is 75.0 Å². The van der Waals surface area contributed by atoms with Crippen molar-refractivity contribution in [3.05, 3.63) is 70.8 Å². The minimum absolute atomic E-state index is 0.149. The maximum atomic E-state index is 13.0. The van der Waals surface area contributed by atoms with Crippen LogP contribution < -0.4 is 0 Å². The molecule has 0 spiro atoms. The maximum Gasteiger partial charge on any atom is 0.314 e. The molecule has 0 unspecified atom stereocenters. The molecule has 5 nitrogen and oxygen atoms in total. The Kier molecular flexibility index (Phi) is 6.18.